The highest BCUT2D eigenvalue weighted by atomic mass is 16.6. The van der Waals surface area contributed by atoms with Crippen molar-refractivity contribution in [3.8, 4) is 0 Å². The second-order valence-corrected chi connectivity index (χ2v) is 4.89. The summed E-state index contributed by atoms with van der Waals surface area (Å²) in [7, 11) is 0. The molecule has 0 spiro atoms. The first-order valence-corrected chi connectivity index (χ1v) is 7.08. The molecule has 1 unspecified atom stereocenters. The number of hydrazine groups is 1. The topological polar surface area (TPSA) is 84.3 Å². The highest BCUT2D eigenvalue weighted by Gasteiger charge is 2.15. The van der Waals surface area contributed by atoms with Gasteiger partial charge in [-0.15, -0.1) is 6.58 Å². The minimum Gasteiger partial charge on any atom is -0.287 e. The highest BCUT2D eigenvalue weighted by Crippen LogP contribution is 2.21. The average molecular weight is 311 g/mol. The zero-order valence-electron chi connectivity index (χ0n) is 12.4. The van der Waals surface area contributed by atoms with E-state index in [2.05, 4.69) is 17.4 Å². The Morgan fingerprint density at radius 1 is 1.22 bits per heavy atom. The first kappa shape index (κ1) is 16.4. The molecule has 1 atom stereocenters. The zero-order valence-corrected chi connectivity index (χ0v) is 12.4. The lowest BCUT2D eigenvalue weighted by molar-refractivity contribution is -0.384. The number of hydrogen-bond acceptors (Lipinski definition) is 4. The van der Waals surface area contributed by atoms with E-state index in [1.807, 2.05) is 6.07 Å². The predicted octanol–water partition coefficient (Wildman–Crippen LogP) is 3.15. The van der Waals surface area contributed by atoms with Gasteiger partial charge in [0.2, 0.25) is 0 Å². The summed E-state index contributed by atoms with van der Waals surface area (Å²) in [6.45, 7) is 3.68. The lowest BCUT2D eigenvalue weighted by Gasteiger charge is -2.18. The van der Waals surface area contributed by atoms with Crippen LogP contribution in [-0.4, -0.2) is 10.8 Å². The summed E-state index contributed by atoms with van der Waals surface area (Å²) in [5.41, 5.74) is 6.77. The van der Waals surface area contributed by atoms with Crippen LogP contribution in [-0.2, 0) is 0 Å². The molecule has 0 heterocycles. The highest BCUT2D eigenvalue weighted by molar-refractivity contribution is 5.93. The lowest BCUT2D eigenvalue weighted by atomic mass is 10.0. The fourth-order valence-corrected chi connectivity index (χ4v) is 2.11. The smallest absolute Gasteiger partial charge is 0.269 e. The van der Waals surface area contributed by atoms with Gasteiger partial charge >= 0.3 is 0 Å². The molecule has 2 N–H and O–H groups in total. The van der Waals surface area contributed by atoms with Crippen molar-refractivity contribution in [2.45, 2.75) is 12.5 Å². The normalized spacial score (nSPS) is 11.5. The van der Waals surface area contributed by atoms with Crippen LogP contribution in [0.15, 0.2) is 67.3 Å². The Labute approximate surface area is 134 Å². The molecule has 0 radical (unpaired) electrons. The van der Waals surface area contributed by atoms with E-state index >= 15 is 0 Å². The van der Waals surface area contributed by atoms with Gasteiger partial charge in [0, 0.05) is 17.7 Å². The van der Waals surface area contributed by atoms with Crippen molar-refractivity contribution in [3.63, 3.8) is 0 Å². The van der Waals surface area contributed by atoms with Gasteiger partial charge in [0.05, 0.1) is 11.0 Å². The molecule has 0 bridgehead atoms. The third-order valence-electron chi connectivity index (χ3n) is 3.28. The van der Waals surface area contributed by atoms with Crippen molar-refractivity contribution in [2.24, 2.45) is 0 Å². The van der Waals surface area contributed by atoms with Crippen LogP contribution in [0.2, 0.25) is 0 Å². The third kappa shape index (κ3) is 4.49. The molecule has 2 aromatic rings. The molecule has 23 heavy (non-hydrogen) atoms. The molecule has 2 aromatic carbocycles. The van der Waals surface area contributed by atoms with Gasteiger partial charge in [-0.3, -0.25) is 20.3 Å². The molecule has 6 nitrogen and oxygen atoms in total. The molecule has 0 aliphatic rings. The second-order valence-electron chi connectivity index (χ2n) is 4.89. The van der Waals surface area contributed by atoms with Crippen molar-refractivity contribution in [1.29, 1.82) is 0 Å². The average Bonchev–Trinajstić information content (AvgIpc) is 2.59. The molecule has 0 saturated heterocycles. The van der Waals surface area contributed by atoms with E-state index in [4.69, 9.17) is 0 Å². The number of nitrogens with one attached hydrogen (secondary N) is 2. The van der Waals surface area contributed by atoms with Gasteiger partial charge in [-0.1, -0.05) is 36.4 Å². The van der Waals surface area contributed by atoms with Crippen LogP contribution in [0.3, 0.4) is 0 Å². The molecule has 0 aliphatic carbocycles. The molecule has 118 valence electrons. The number of amides is 1. The number of rotatable bonds is 7. The summed E-state index contributed by atoms with van der Waals surface area (Å²) in [6.07, 6.45) is 2.20. The van der Waals surface area contributed by atoms with Crippen LogP contribution in [0, 0.1) is 10.1 Å². The van der Waals surface area contributed by atoms with Crippen LogP contribution in [0.1, 0.15) is 28.4 Å². The Morgan fingerprint density at radius 2 is 1.96 bits per heavy atom. The molecule has 0 aliphatic heterocycles. The van der Waals surface area contributed by atoms with E-state index in [1.54, 1.807) is 42.5 Å². The number of nitro groups is 1. The van der Waals surface area contributed by atoms with Crippen molar-refractivity contribution in [1.82, 2.24) is 10.9 Å². The molecular formula is C17H17N3O3. The molecule has 0 aromatic heterocycles. The summed E-state index contributed by atoms with van der Waals surface area (Å²) in [5.74, 6) is -0.273. The lowest BCUT2D eigenvalue weighted by Crippen LogP contribution is -2.39. The molecule has 0 saturated carbocycles. The fraction of sp³-hybridized carbons (Fsp3) is 0.118. The second kappa shape index (κ2) is 7.86. The van der Waals surface area contributed by atoms with Crippen molar-refractivity contribution in [2.75, 3.05) is 0 Å². The van der Waals surface area contributed by atoms with E-state index in [-0.39, 0.29) is 17.6 Å². The minimum absolute atomic E-state index is 0.00717. The number of carbonyl (C=O) groups excluding carboxylic acids is 1. The quantitative estimate of drug-likeness (QED) is 0.467. The monoisotopic (exact) mass is 311 g/mol. The number of carbonyl (C=O) groups is 1. The summed E-state index contributed by atoms with van der Waals surface area (Å²) in [6, 6.07) is 14.8. The van der Waals surface area contributed by atoms with E-state index in [9.17, 15) is 14.9 Å². The SMILES string of the molecule is C=CCC(NNC(=O)c1ccccc1)c1cccc([N+](=O)[O-])c1. The van der Waals surface area contributed by atoms with Gasteiger partial charge in [0.15, 0.2) is 0 Å². The van der Waals surface area contributed by atoms with Crippen molar-refractivity contribution >= 4 is 11.6 Å². The van der Waals surface area contributed by atoms with Gasteiger partial charge in [-0.2, -0.15) is 0 Å². The van der Waals surface area contributed by atoms with Gasteiger partial charge in [0.25, 0.3) is 11.6 Å². The first-order valence-electron chi connectivity index (χ1n) is 7.08. The molecule has 2 rings (SSSR count). The number of non-ortho nitro benzene ring substituents is 1. The Bertz CT molecular complexity index is 701. The van der Waals surface area contributed by atoms with Crippen LogP contribution in [0.25, 0.3) is 0 Å². The van der Waals surface area contributed by atoms with Crippen molar-refractivity contribution < 1.29 is 9.72 Å². The van der Waals surface area contributed by atoms with E-state index in [0.717, 1.165) is 0 Å². The maximum absolute atomic E-state index is 12.1. The van der Waals surface area contributed by atoms with E-state index < -0.39 is 4.92 Å². The number of nitrogens with zero attached hydrogens (tertiary/aromatic N) is 1. The summed E-state index contributed by atoms with van der Waals surface area (Å²) in [5, 5.41) is 10.9. The van der Waals surface area contributed by atoms with Crippen LogP contribution in [0.5, 0.6) is 0 Å². The van der Waals surface area contributed by atoms with Gasteiger partial charge in [-0.05, 0) is 24.1 Å². The number of nitro benzene ring substituents is 1. The third-order valence-corrected chi connectivity index (χ3v) is 3.28. The van der Waals surface area contributed by atoms with E-state index in [1.165, 1.54) is 12.1 Å². The van der Waals surface area contributed by atoms with Crippen molar-refractivity contribution in [3.05, 3.63) is 88.5 Å². The predicted molar refractivity (Wildman–Crippen MR) is 87.7 cm³/mol. The van der Waals surface area contributed by atoms with E-state index in [0.29, 0.717) is 17.5 Å². The summed E-state index contributed by atoms with van der Waals surface area (Å²) >= 11 is 0. The largest absolute Gasteiger partial charge is 0.287 e. The fourth-order valence-electron chi connectivity index (χ4n) is 2.11. The summed E-state index contributed by atoms with van der Waals surface area (Å²) < 4.78 is 0. The number of hydrogen-bond donors (Lipinski definition) is 2. The zero-order chi connectivity index (χ0) is 16.7. The maximum atomic E-state index is 12.1. The van der Waals surface area contributed by atoms with Crippen LogP contribution in [0.4, 0.5) is 5.69 Å². The Kier molecular flexibility index (Phi) is 5.60. The summed E-state index contributed by atoms with van der Waals surface area (Å²) in [4.78, 5) is 22.5. The molecule has 6 heteroatoms. The minimum atomic E-state index is -0.447. The van der Waals surface area contributed by atoms with Gasteiger partial charge in [0.1, 0.15) is 0 Å². The Morgan fingerprint density at radius 3 is 2.61 bits per heavy atom. The van der Waals surface area contributed by atoms with Crippen LogP contribution >= 0.6 is 0 Å². The molecule has 1 amide bonds. The maximum Gasteiger partial charge on any atom is 0.269 e. The standard InChI is InChI=1S/C17H17N3O3/c1-2-7-16(14-10-6-11-15(12-14)20(22)23)18-19-17(21)13-8-4-3-5-9-13/h2-6,8-12,16,18H,1,7H2,(H,19,21). The first-order chi connectivity index (χ1) is 11.1. The molecular weight excluding hydrogens is 294 g/mol. The molecule has 0 fully saturated rings. The Balaban J connectivity index is 2.10. The number of benzene rings is 2. The van der Waals surface area contributed by atoms with Gasteiger partial charge < -0.3 is 0 Å². The Hall–Kier alpha value is -2.99. The van der Waals surface area contributed by atoms with Crippen LogP contribution < -0.4 is 10.9 Å². The van der Waals surface area contributed by atoms with Gasteiger partial charge in [-0.25, -0.2) is 5.43 Å².